The van der Waals surface area contributed by atoms with Crippen molar-refractivity contribution in [3.8, 4) is 5.75 Å². The van der Waals surface area contributed by atoms with Crippen molar-refractivity contribution in [1.82, 2.24) is 4.90 Å². The Labute approximate surface area is 110 Å². The minimum Gasteiger partial charge on any atom is -0.493 e. The summed E-state index contributed by atoms with van der Waals surface area (Å²) in [6.45, 7) is 1.78. The lowest BCUT2D eigenvalue weighted by molar-refractivity contribution is -0.144. The molecular weight excluding hydrogens is 253 g/mol. The van der Waals surface area contributed by atoms with Crippen molar-refractivity contribution in [2.75, 3.05) is 19.7 Å². The number of carboxylic acids is 1. The van der Waals surface area contributed by atoms with E-state index in [4.69, 9.17) is 9.84 Å². The van der Waals surface area contributed by atoms with E-state index in [1.165, 1.54) is 23.1 Å². The predicted molar refractivity (Wildman–Crippen MR) is 66.4 cm³/mol. The first kappa shape index (κ1) is 14.9. The zero-order valence-corrected chi connectivity index (χ0v) is 10.6. The highest BCUT2D eigenvalue weighted by molar-refractivity contribution is 5.81. The van der Waals surface area contributed by atoms with Gasteiger partial charge in [0, 0.05) is 12.6 Å². The van der Waals surface area contributed by atoms with E-state index in [1.54, 1.807) is 13.0 Å². The van der Waals surface area contributed by atoms with Crippen LogP contribution in [0.5, 0.6) is 5.75 Å². The maximum atomic E-state index is 12.9. The van der Waals surface area contributed by atoms with E-state index < -0.39 is 11.8 Å². The van der Waals surface area contributed by atoms with Gasteiger partial charge in [0.15, 0.2) is 0 Å². The van der Waals surface area contributed by atoms with Crippen LogP contribution in [0, 0.1) is 5.82 Å². The Morgan fingerprint density at radius 2 is 2.16 bits per heavy atom. The minimum atomic E-state index is -1.05. The smallest absolute Gasteiger partial charge is 0.323 e. The van der Waals surface area contributed by atoms with Crippen molar-refractivity contribution in [3.63, 3.8) is 0 Å². The molecule has 1 aromatic rings. The summed E-state index contributed by atoms with van der Waals surface area (Å²) in [7, 11) is 0. The van der Waals surface area contributed by atoms with Crippen LogP contribution in [0.3, 0.4) is 0 Å². The van der Waals surface area contributed by atoms with Crippen molar-refractivity contribution >= 4 is 11.9 Å². The lowest BCUT2D eigenvalue weighted by Crippen LogP contribution is -2.36. The molecule has 0 atom stereocenters. The van der Waals surface area contributed by atoms with Gasteiger partial charge in [0.25, 0.3) is 0 Å². The standard InChI is InChI=1S/C13H16FNO4/c1-2-15(9-13(17)18)12(16)6-7-19-11-5-3-4-10(14)8-11/h3-5,8H,2,6-7,9H2,1H3,(H,17,18). The van der Waals surface area contributed by atoms with Gasteiger partial charge in [0.1, 0.15) is 18.1 Å². The summed E-state index contributed by atoms with van der Waals surface area (Å²) in [5.41, 5.74) is 0. The van der Waals surface area contributed by atoms with Gasteiger partial charge < -0.3 is 14.7 Å². The quantitative estimate of drug-likeness (QED) is 0.815. The van der Waals surface area contributed by atoms with Gasteiger partial charge in [-0.05, 0) is 19.1 Å². The monoisotopic (exact) mass is 269 g/mol. The van der Waals surface area contributed by atoms with E-state index >= 15 is 0 Å². The molecule has 6 heteroatoms. The average molecular weight is 269 g/mol. The normalized spacial score (nSPS) is 10.0. The van der Waals surface area contributed by atoms with E-state index in [0.29, 0.717) is 12.3 Å². The fraction of sp³-hybridized carbons (Fsp3) is 0.385. The number of rotatable bonds is 7. The first-order valence-corrected chi connectivity index (χ1v) is 5.91. The van der Waals surface area contributed by atoms with Crippen LogP contribution < -0.4 is 4.74 Å². The fourth-order valence-corrected chi connectivity index (χ4v) is 1.51. The molecule has 0 radical (unpaired) electrons. The maximum absolute atomic E-state index is 12.9. The van der Waals surface area contributed by atoms with Crippen LogP contribution in [0.15, 0.2) is 24.3 Å². The van der Waals surface area contributed by atoms with Crippen LogP contribution in [0.1, 0.15) is 13.3 Å². The Morgan fingerprint density at radius 1 is 1.42 bits per heavy atom. The number of hydrogen-bond acceptors (Lipinski definition) is 3. The van der Waals surface area contributed by atoms with Gasteiger partial charge in [-0.3, -0.25) is 9.59 Å². The summed E-state index contributed by atoms with van der Waals surface area (Å²) < 4.78 is 18.1. The summed E-state index contributed by atoms with van der Waals surface area (Å²) in [6.07, 6.45) is 0.0532. The molecule has 19 heavy (non-hydrogen) atoms. The lowest BCUT2D eigenvalue weighted by atomic mass is 10.3. The van der Waals surface area contributed by atoms with Crippen LogP contribution in [0.4, 0.5) is 4.39 Å². The Bertz CT molecular complexity index is 450. The molecule has 1 rings (SSSR count). The molecule has 0 aliphatic carbocycles. The summed E-state index contributed by atoms with van der Waals surface area (Å²) in [6, 6.07) is 5.61. The highest BCUT2D eigenvalue weighted by atomic mass is 19.1. The van der Waals surface area contributed by atoms with Crippen molar-refractivity contribution in [2.45, 2.75) is 13.3 Å². The number of likely N-dealkylation sites (N-methyl/N-ethyl adjacent to an activating group) is 1. The minimum absolute atomic E-state index is 0.0532. The van der Waals surface area contributed by atoms with Crippen LogP contribution in [-0.4, -0.2) is 41.6 Å². The zero-order valence-electron chi connectivity index (χ0n) is 10.6. The number of hydrogen-bond donors (Lipinski definition) is 1. The number of carbonyl (C=O) groups excluding carboxylic acids is 1. The number of halogens is 1. The summed E-state index contributed by atoms with van der Waals surface area (Å²) in [4.78, 5) is 23.4. The SMILES string of the molecule is CCN(CC(=O)O)C(=O)CCOc1cccc(F)c1. The molecule has 1 N–H and O–H groups in total. The Morgan fingerprint density at radius 3 is 2.74 bits per heavy atom. The molecule has 5 nitrogen and oxygen atoms in total. The average Bonchev–Trinajstić information content (AvgIpc) is 2.35. The topological polar surface area (TPSA) is 66.8 Å². The first-order chi connectivity index (χ1) is 9.02. The molecule has 1 aromatic carbocycles. The van der Waals surface area contributed by atoms with Crippen molar-refractivity contribution in [1.29, 1.82) is 0 Å². The van der Waals surface area contributed by atoms with Gasteiger partial charge >= 0.3 is 5.97 Å². The van der Waals surface area contributed by atoms with E-state index in [2.05, 4.69) is 0 Å². The van der Waals surface area contributed by atoms with Crippen molar-refractivity contribution < 1.29 is 23.8 Å². The fourth-order valence-electron chi connectivity index (χ4n) is 1.51. The van der Waals surface area contributed by atoms with E-state index in [9.17, 15) is 14.0 Å². The second-order valence-corrected chi connectivity index (χ2v) is 3.86. The van der Waals surface area contributed by atoms with Crippen LogP contribution >= 0.6 is 0 Å². The summed E-state index contributed by atoms with van der Waals surface area (Å²) in [5, 5.41) is 8.63. The summed E-state index contributed by atoms with van der Waals surface area (Å²) >= 11 is 0. The van der Waals surface area contributed by atoms with Crippen LogP contribution in [0.2, 0.25) is 0 Å². The molecule has 0 saturated heterocycles. The molecule has 0 unspecified atom stereocenters. The van der Waals surface area contributed by atoms with Gasteiger partial charge in [-0.2, -0.15) is 0 Å². The number of ether oxygens (including phenoxy) is 1. The number of amides is 1. The number of carboxylic acid groups (broad SMARTS) is 1. The predicted octanol–water partition coefficient (Wildman–Crippen LogP) is 1.53. The van der Waals surface area contributed by atoms with E-state index in [1.807, 2.05) is 0 Å². The van der Waals surface area contributed by atoms with Crippen molar-refractivity contribution in [2.24, 2.45) is 0 Å². The van der Waals surface area contributed by atoms with Crippen molar-refractivity contribution in [3.05, 3.63) is 30.1 Å². The molecule has 0 saturated carbocycles. The first-order valence-electron chi connectivity index (χ1n) is 5.91. The van der Waals surface area contributed by atoms with E-state index in [-0.39, 0.29) is 25.5 Å². The van der Waals surface area contributed by atoms with E-state index in [0.717, 1.165) is 0 Å². The van der Waals surface area contributed by atoms with Gasteiger partial charge in [-0.25, -0.2) is 4.39 Å². The molecule has 104 valence electrons. The molecule has 0 aliphatic rings. The third-order valence-corrected chi connectivity index (χ3v) is 2.44. The highest BCUT2D eigenvalue weighted by Gasteiger charge is 2.14. The Kier molecular flexibility index (Phi) is 5.78. The third kappa shape index (κ3) is 5.37. The van der Waals surface area contributed by atoms with Crippen LogP contribution in [0.25, 0.3) is 0 Å². The number of nitrogens with zero attached hydrogens (tertiary/aromatic N) is 1. The molecule has 0 aliphatic heterocycles. The second-order valence-electron chi connectivity index (χ2n) is 3.86. The third-order valence-electron chi connectivity index (χ3n) is 2.44. The molecule has 0 heterocycles. The van der Waals surface area contributed by atoms with Crippen LogP contribution in [-0.2, 0) is 9.59 Å². The van der Waals surface area contributed by atoms with Gasteiger partial charge in [-0.15, -0.1) is 0 Å². The Hall–Kier alpha value is -2.11. The summed E-state index contributed by atoms with van der Waals surface area (Å²) in [5.74, 6) is -1.43. The maximum Gasteiger partial charge on any atom is 0.323 e. The zero-order chi connectivity index (χ0) is 14.3. The molecule has 0 aromatic heterocycles. The lowest BCUT2D eigenvalue weighted by Gasteiger charge is -2.18. The van der Waals surface area contributed by atoms with Gasteiger partial charge in [-0.1, -0.05) is 6.07 Å². The second kappa shape index (κ2) is 7.35. The molecule has 0 bridgehead atoms. The van der Waals surface area contributed by atoms with Gasteiger partial charge in [0.05, 0.1) is 13.0 Å². The molecular formula is C13H16FNO4. The molecule has 0 spiro atoms. The Balaban J connectivity index is 2.39. The van der Waals surface area contributed by atoms with Gasteiger partial charge in [0.2, 0.25) is 5.91 Å². The number of carbonyl (C=O) groups is 2. The largest absolute Gasteiger partial charge is 0.493 e. The molecule has 1 amide bonds. The highest BCUT2D eigenvalue weighted by Crippen LogP contribution is 2.12. The number of aliphatic carboxylic acids is 1. The molecule has 0 fully saturated rings. The number of benzene rings is 1.